The summed E-state index contributed by atoms with van der Waals surface area (Å²) in [5, 5.41) is 0. The van der Waals surface area contributed by atoms with Crippen LogP contribution in [0.5, 0.6) is 5.75 Å². The zero-order valence-electron chi connectivity index (χ0n) is 16.7. The lowest BCUT2D eigenvalue weighted by Crippen LogP contribution is -2.22. The first-order chi connectivity index (χ1) is 14.8. The van der Waals surface area contributed by atoms with Gasteiger partial charge in [0, 0.05) is 12.1 Å². The number of benzene rings is 3. The predicted octanol–water partition coefficient (Wildman–Crippen LogP) is 7.95. The van der Waals surface area contributed by atoms with Crippen molar-refractivity contribution in [3.05, 3.63) is 89.2 Å². The summed E-state index contributed by atoms with van der Waals surface area (Å²) in [5.74, 6) is -5.16. The quantitative estimate of drug-likeness (QED) is 0.294. The second-order valence-corrected chi connectivity index (χ2v) is 7.85. The monoisotopic (exact) mass is 432 g/mol. The van der Waals surface area contributed by atoms with Gasteiger partial charge in [0.2, 0.25) is 0 Å². The van der Waals surface area contributed by atoms with Crippen LogP contribution in [-0.4, -0.2) is 0 Å². The zero-order valence-corrected chi connectivity index (χ0v) is 16.7. The molecule has 0 bridgehead atoms. The van der Waals surface area contributed by atoms with Gasteiger partial charge in [-0.25, -0.2) is 13.2 Å². The molecule has 1 fully saturated rings. The average Bonchev–Trinajstić information content (AvgIpc) is 2.78. The molecule has 6 heteroatoms. The number of ether oxygens (including phenoxy) is 1. The van der Waals surface area contributed by atoms with E-state index in [4.69, 9.17) is 0 Å². The summed E-state index contributed by atoms with van der Waals surface area (Å²) >= 11 is 0. The van der Waals surface area contributed by atoms with Crippen LogP contribution in [0.2, 0.25) is 0 Å². The Morgan fingerprint density at radius 1 is 0.710 bits per heavy atom. The minimum atomic E-state index is -3.85. The third-order valence-corrected chi connectivity index (χ3v) is 5.74. The van der Waals surface area contributed by atoms with Gasteiger partial charge in [-0.15, -0.1) is 0 Å². The van der Waals surface area contributed by atoms with E-state index in [0.717, 1.165) is 11.1 Å². The van der Waals surface area contributed by atoms with Crippen LogP contribution >= 0.6 is 0 Å². The highest BCUT2D eigenvalue weighted by atomic mass is 19.3. The van der Waals surface area contributed by atoms with Crippen LogP contribution in [-0.2, 0) is 6.11 Å². The Bertz CT molecular complexity index is 1020. The maximum atomic E-state index is 14.4. The van der Waals surface area contributed by atoms with Gasteiger partial charge in [-0.1, -0.05) is 55.7 Å². The smallest absolute Gasteiger partial charge is 0.426 e. The minimum absolute atomic E-state index is 0.383. The molecule has 0 amide bonds. The first-order valence-corrected chi connectivity index (χ1v) is 10.3. The van der Waals surface area contributed by atoms with Crippen LogP contribution in [0.15, 0.2) is 60.7 Å². The van der Waals surface area contributed by atoms with Crippen molar-refractivity contribution in [1.29, 1.82) is 0 Å². The van der Waals surface area contributed by atoms with E-state index in [1.54, 1.807) is 0 Å². The number of halogens is 5. The van der Waals surface area contributed by atoms with E-state index in [0.29, 0.717) is 18.1 Å². The van der Waals surface area contributed by atoms with Gasteiger partial charge in [0.1, 0.15) is 5.75 Å². The van der Waals surface area contributed by atoms with Crippen molar-refractivity contribution in [1.82, 2.24) is 0 Å². The molecule has 3 aromatic rings. The molecule has 1 nitrogen and oxygen atoms in total. The molecule has 0 heterocycles. The maximum absolute atomic E-state index is 14.4. The normalized spacial score (nSPS) is 15.1. The van der Waals surface area contributed by atoms with Crippen LogP contribution in [0.25, 0.3) is 11.1 Å². The van der Waals surface area contributed by atoms with E-state index < -0.39 is 34.9 Å². The third kappa shape index (κ3) is 4.73. The van der Waals surface area contributed by atoms with E-state index in [1.807, 2.05) is 12.1 Å². The lowest BCUT2D eigenvalue weighted by atomic mass is 9.84. The fourth-order valence-electron chi connectivity index (χ4n) is 4.04. The van der Waals surface area contributed by atoms with E-state index in [9.17, 15) is 22.0 Å². The highest BCUT2D eigenvalue weighted by Gasteiger charge is 2.35. The van der Waals surface area contributed by atoms with Crippen molar-refractivity contribution in [2.45, 2.75) is 44.1 Å². The summed E-state index contributed by atoms with van der Waals surface area (Å²) in [6.45, 7) is 0. The fourth-order valence-corrected chi connectivity index (χ4v) is 4.04. The highest BCUT2D eigenvalue weighted by Crippen LogP contribution is 2.35. The number of hydrogen-bond acceptors (Lipinski definition) is 1. The molecule has 0 saturated heterocycles. The summed E-state index contributed by atoms with van der Waals surface area (Å²) in [6.07, 6.45) is 2.35. The van der Waals surface area contributed by atoms with Crippen LogP contribution in [0, 0.1) is 17.5 Å². The molecule has 162 valence electrons. The van der Waals surface area contributed by atoms with Crippen LogP contribution in [0.4, 0.5) is 22.0 Å². The van der Waals surface area contributed by atoms with Gasteiger partial charge in [0.05, 0.1) is 5.56 Å². The van der Waals surface area contributed by atoms with E-state index in [-0.39, 0.29) is 0 Å². The molecule has 1 aliphatic rings. The molecule has 0 N–H and O–H groups in total. The van der Waals surface area contributed by atoms with Crippen molar-refractivity contribution >= 4 is 0 Å². The van der Waals surface area contributed by atoms with Gasteiger partial charge < -0.3 is 4.74 Å². The number of rotatable bonds is 5. The van der Waals surface area contributed by atoms with Crippen LogP contribution in [0.3, 0.4) is 0 Å². The fraction of sp³-hybridized carbons (Fsp3) is 0.280. The first kappa shape index (κ1) is 21.3. The predicted molar refractivity (Wildman–Crippen MR) is 109 cm³/mol. The molecule has 3 aromatic carbocycles. The highest BCUT2D eigenvalue weighted by molar-refractivity contribution is 5.64. The van der Waals surface area contributed by atoms with Gasteiger partial charge >= 0.3 is 6.11 Å². The third-order valence-electron chi connectivity index (χ3n) is 5.74. The lowest BCUT2D eigenvalue weighted by molar-refractivity contribution is -0.185. The van der Waals surface area contributed by atoms with Gasteiger partial charge in [-0.05, 0) is 47.6 Å². The molecule has 0 spiro atoms. The lowest BCUT2D eigenvalue weighted by Gasteiger charge is -2.22. The van der Waals surface area contributed by atoms with Gasteiger partial charge in [-0.3, -0.25) is 0 Å². The topological polar surface area (TPSA) is 9.23 Å². The summed E-state index contributed by atoms with van der Waals surface area (Å²) in [6, 6.07) is 14.4. The molecular weight excluding hydrogens is 411 g/mol. The van der Waals surface area contributed by atoms with Crippen molar-refractivity contribution < 1.29 is 26.7 Å². The Morgan fingerprint density at radius 2 is 1.23 bits per heavy atom. The molecule has 0 aliphatic heterocycles. The van der Waals surface area contributed by atoms with Crippen molar-refractivity contribution in [2.24, 2.45) is 0 Å². The second kappa shape index (κ2) is 8.69. The number of alkyl halides is 2. The minimum Gasteiger partial charge on any atom is -0.429 e. The maximum Gasteiger partial charge on any atom is 0.426 e. The second-order valence-electron chi connectivity index (χ2n) is 7.85. The molecule has 1 saturated carbocycles. The van der Waals surface area contributed by atoms with Gasteiger partial charge in [0.25, 0.3) is 0 Å². The van der Waals surface area contributed by atoms with Crippen LogP contribution < -0.4 is 4.74 Å². The molecular formula is C25H21F5O. The first-order valence-electron chi connectivity index (χ1n) is 10.3. The van der Waals surface area contributed by atoms with E-state index in [1.165, 1.54) is 61.9 Å². The summed E-state index contributed by atoms with van der Waals surface area (Å²) in [7, 11) is 0. The Hall–Kier alpha value is -2.89. The molecule has 1 aliphatic carbocycles. The molecule has 4 rings (SSSR count). The summed E-state index contributed by atoms with van der Waals surface area (Å²) < 4.78 is 72.9. The molecule has 0 radical (unpaired) electrons. The summed E-state index contributed by atoms with van der Waals surface area (Å²) in [4.78, 5) is 0. The standard InChI is InChI=1S/C25H21F5O/c26-22-14-21(15-23(27)24(22)28)31-25(29,30)20-12-10-19(11-13-20)18-8-6-17(7-9-18)16-4-2-1-3-5-16/h6-16H,1-5H2. The average molecular weight is 432 g/mol. The van der Waals surface area contributed by atoms with Gasteiger partial charge in [0.15, 0.2) is 17.5 Å². The summed E-state index contributed by atoms with van der Waals surface area (Å²) in [5.41, 5.74) is 2.48. The Kier molecular flexibility index (Phi) is 5.99. The zero-order chi connectivity index (χ0) is 22.0. The molecule has 0 atom stereocenters. The van der Waals surface area contributed by atoms with Crippen LogP contribution in [0.1, 0.15) is 49.1 Å². The Morgan fingerprint density at radius 3 is 1.77 bits per heavy atom. The van der Waals surface area contributed by atoms with Crippen molar-refractivity contribution in [3.8, 4) is 16.9 Å². The Balaban J connectivity index is 1.49. The largest absolute Gasteiger partial charge is 0.429 e. The molecule has 31 heavy (non-hydrogen) atoms. The molecule has 0 aromatic heterocycles. The Labute approximate surface area is 177 Å². The van der Waals surface area contributed by atoms with E-state index >= 15 is 0 Å². The van der Waals surface area contributed by atoms with Gasteiger partial charge in [-0.2, -0.15) is 8.78 Å². The van der Waals surface area contributed by atoms with Crippen molar-refractivity contribution in [3.63, 3.8) is 0 Å². The number of hydrogen-bond donors (Lipinski definition) is 0. The van der Waals surface area contributed by atoms with E-state index in [2.05, 4.69) is 16.9 Å². The SMILES string of the molecule is Fc1cc(OC(F)(F)c2ccc(-c3ccc(C4CCCCC4)cc3)cc2)cc(F)c1F. The van der Waals surface area contributed by atoms with Crippen molar-refractivity contribution in [2.75, 3.05) is 0 Å². The molecule has 0 unspecified atom stereocenters.